The molecule has 0 heterocycles. The van der Waals surface area contributed by atoms with Gasteiger partial charge in [0.05, 0.1) is 0 Å². The minimum atomic E-state index is -5.64. The zero-order valence-electron chi connectivity index (χ0n) is 7.04. The van der Waals surface area contributed by atoms with Crippen molar-refractivity contribution in [3.63, 3.8) is 0 Å². The molecule has 0 radical (unpaired) electrons. The van der Waals surface area contributed by atoms with Gasteiger partial charge in [-0.1, -0.05) is 0 Å². The van der Waals surface area contributed by atoms with E-state index in [1.165, 1.54) is 0 Å². The largest absolute Gasteiger partial charge is 3.00 e. The minimum absolute atomic E-state index is 0. The summed E-state index contributed by atoms with van der Waals surface area (Å²) in [5, 5.41) is 0. The van der Waals surface area contributed by atoms with Crippen LogP contribution < -0.4 is 29.4 Å². The molecule has 0 unspecified atom stereocenters. The third-order valence-electron chi connectivity index (χ3n) is 0. The molecule has 0 saturated carbocycles. The van der Waals surface area contributed by atoms with E-state index in [4.69, 9.17) is 43.1 Å². The first-order valence-electron chi connectivity index (χ1n) is 2.15. The predicted molar refractivity (Wildman–Crippen MR) is 26.1 cm³/mol. The topological polar surface area (TPSA) is 190 Å². The fourth-order valence-electron chi connectivity index (χ4n) is 0. The van der Waals surface area contributed by atoms with E-state index in [2.05, 4.69) is 0 Å². The SMILES string of the molecule is O=P([O-])([O-])F.O=P([O-])([O-])F.O=P([O-])([O-])F.[V+3].[V+3]. The summed E-state index contributed by atoms with van der Waals surface area (Å²) in [6.07, 6.45) is 0. The zero-order chi connectivity index (χ0) is 13.5. The summed E-state index contributed by atoms with van der Waals surface area (Å²) < 4.78 is 55.7. The van der Waals surface area contributed by atoms with Gasteiger partial charge in [-0.3, -0.25) is 0 Å². The van der Waals surface area contributed by atoms with Gasteiger partial charge in [-0.2, -0.15) is 0 Å². The van der Waals surface area contributed by atoms with Gasteiger partial charge in [0.2, 0.25) is 0 Å². The molecule has 0 rings (SSSR count). The maximum absolute atomic E-state index is 10.1. The Kier molecular flexibility index (Phi) is 22.7. The van der Waals surface area contributed by atoms with Crippen LogP contribution in [0.15, 0.2) is 0 Å². The van der Waals surface area contributed by atoms with Crippen LogP contribution >= 0.6 is 23.7 Å². The molecule has 0 amide bonds. The van der Waals surface area contributed by atoms with Gasteiger partial charge in [0.25, 0.3) is 0 Å². The zero-order valence-corrected chi connectivity index (χ0v) is 12.5. The Bertz CT molecular complexity index is 216. The smallest absolute Gasteiger partial charge is 0.786 e. The molecule has 0 saturated heterocycles. The first kappa shape index (κ1) is 31.0. The van der Waals surface area contributed by atoms with Crippen LogP contribution in [0.5, 0.6) is 0 Å². The number of rotatable bonds is 0. The van der Waals surface area contributed by atoms with Crippen LogP contribution in [0.4, 0.5) is 12.6 Å². The third-order valence-corrected chi connectivity index (χ3v) is 0. The van der Waals surface area contributed by atoms with Crippen molar-refractivity contribution >= 4 is 23.7 Å². The molecule has 0 aromatic rings. The number of halogens is 3. The molecule has 17 heavy (non-hydrogen) atoms. The average Bonchev–Trinajstić information content (AvgIpc) is 1.41. The molecule has 100 valence electrons. The van der Waals surface area contributed by atoms with Crippen molar-refractivity contribution in [1.82, 2.24) is 0 Å². The van der Waals surface area contributed by atoms with Crippen molar-refractivity contribution in [2.24, 2.45) is 0 Å². The van der Waals surface area contributed by atoms with Crippen LogP contribution in [0.1, 0.15) is 0 Å². The van der Waals surface area contributed by atoms with Gasteiger partial charge < -0.3 is 43.1 Å². The Morgan fingerprint density at radius 3 is 0.529 bits per heavy atom. The van der Waals surface area contributed by atoms with Gasteiger partial charge >= 0.3 is 37.1 Å². The van der Waals surface area contributed by atoms with Crippen LogP contribution in [-0.2, 0) is 50.8 Å². The van der Waals surface area contributed by atoms with Crippen LogP contribution in [0.2, 0.25) is 0 Å². The van der Waals surface area contributed by atoms with Crippen LogP contribution in [0.25, 0.3) is 0 Å². The Morgan fingerprint density at radius 1 is 0.529 bits per heavy atom. The second kappa shape index (κ2) is 12.4. The van der Waals surface area contributed by atoms with E-state index < -0.39 is 23.7 Å². The van der Waals surface area contributed by atoms with Crippen LogP contribution in [0, 0.1) is 0 Å². The molecule has 0 aromatic carbocycles. The van der Waals surface area contributed by atoms with Crippen molar-refractivity contribution in [3.8, 4) is 0 Å². The Hall–Kier alpha value is 1.41. The molecule has 0 aromatic heterocycles. The monoisotopic (exact) mass is 396 g/mol. The van der Waals surface area contributed by atoms with E-state index in [1.807, 2.05) is 0 Å². The van der Waals surface area contributed by atoms with E-state index in [1.54, 1.807) is 0 Å². The van der Waals surface area contributed by atoms with Crippen LogP contribution in [-0.4, -0.2) is 0 Å². The van der Waals surface area contributed by atoms with Crippen LogP contribution in [0.3, 0.4) is 0 Å². The second-order valence-corrected chi connectivity index (χ2v) is 3.88. The maximum Gasteiger partial charge on any atom is 3.00 e. The first-order chi connectivity index (χ1) is 6.00. The third kappa shape index (κ3) is 2080. The molecule has 17 heteroatoms. The molecule has 0 aliphatic heterocycles. The van der Waals surface area contributed by atoms with Gasteiger partial charge in [0, 0.05) is 0 Å². The Labute approximate surface area is 116 Å². The predicted octanol–water partition coefficient (Wildman–Crippen LogP) is -3.65. The van der Waals surface area contributed by atoms with Crippen molar-refractivity contribution in [3.05, 3.63) is 0 Å². The fourth-order valence-corrected chi connectivity index (χ4v) is 0. The second-order valence-electron chi connectivity index (χ2n) is 1.29. The normalized spacial score (nSPS) is 10.4. The first-order valence-corrected chi connectivity index (χ1v) is 6.45. The van der Waals surface area contributed by atoms with E-state index in [0.29, 0.717) is 0 Å². The van der Waals surface area contributed by atoms with Crippen molar-refractivity contribution in [1.29, 1.82) is 0 Å². The molecule has 0 N–H and O–H groups in total. The van der Waals surface area contributed by atoms with Gasteiger partial charge in [-0.25, -0.2) is 12.6 Å². The summed E-state index contributed by atoms with van der Waals surface area (Å²) in [6.45, 7) is 0. The molecular formula is F3O9P3V2. The molecule has 0 bridgehead atoms. The van der Waals surface area contributed by atoms with Gasteiger partial charge in [0.1, 0.15) is 23.7 Å². The summed E-state index contributed by atoms with van der Waals surface area (Å²) >= 11 is 0. The summed E-state index contributed by atoms with van der Waals surface area (Å²) in [5.41, 5.74) is 0. The van der Waals surface area contributed by atoms with E-state index >= 15 is 0 Å². The van der Waals surface area contributed by atoms with Crippen molar-refractivity contribution < 1.29 is 92.8 Å². The van der Waals surface area contributed by atoms with E-state index in [-0.39, 0.29) is 37.1 Å². The minimum Gasteiger partial charge on any atom is -0.786 e. The van der Waals surface area contributed by atoms with Gasteiger partial charge in [0.15, 0.2) is 0 Å². The summed E-state index contributed by atoms with van der Waals surface area (Å²) in [5.74, 6) is 0. The summed E-state index contributed by atoms with van der Waals surface area (Å²) in [7, 11) is -16.9. The average molecular weight is 396 g/mol. The summed E-state index contributed by atoms with van der Waals surface area (Å²) in [6, 6.07) is 0. The Balaban J connectivity index is -0.0000000400. The van der Waals surface area contributed by atoms with E-state index in [0.717, 1.165) is 0 Å². The number of hydrogen-bond acceptors (Lipinski definition) is 9. The molecule has 0 aliphatic rings. The maximum atomic E-state index is 10.1. The molecule has 0 fully saturated rings. The Morgan fingerprint density at radius 2 is 0.529 bits per heavy atom. The fraction of sp³-hybridized carbons (Fsp3) is 0. The van der Waals surface area contributed by atoms with Crippen molar-refractivity contribution in [2.45, 2.75) is 0 Å². The molecule has 9 nitrogen and oxygen atoms in total. The molecular weight excluding hydrogens is 396 g/mol. The molecule has 0 atom stereocenters. The summed E-state index contributed by atoms with van der Waals surface area (Å²) in [4.78, 5) is 50.6. The van der Waals surface area contributed by atoms with E-state index in [9.17, 15) is 12.6 Å². The quantitative estimate of drug-likeness (QED) is 0.372. The van der Waals surface area contributed by atoms with Crippen molar-refractivity contribution in [2.75, 3.05) is 0 Å². The molecule has 0 spiro atoms. The molecule has 0 aliphatic carbocycles. The number of hydrogen-bond donors (Lipinski definition) is 0. The standard InChI is InChI=1S/3FH2O3P.2V/c3*1-5(2,3)4;;/h3*(H2,2,3,4);;/q;;;2*+3/p-6. The van der Waals surface area contributed by atoms with Gasteiger partial charge in [-0.05, 0) is 0 Å². The van der Waals surface area contributed by atoms with Gasteiger partial charge in [-0.15, -0.1) is 0 Å².